The number of aliphatic hydroxyl groups excluding tert-OH is 1. The lowest BCUT2D eigenvalue weighted by atomic mass is 10.2. The summed E-state index contributed by atoms with van der Waals surface area (Å²) in [5.74, 6) is 1.09. The molecule has 0 spiro atoms. The van der Waals surface area contributed by atoms with Crippen LogP contribution in [-0.4, -0.2) is 31.8 Å². The molecule has 0 fully saturated rings. The first-order chi connectivity index (χ1) is 8.69. The molecule has 1 heterocycles. The monoisotopic (exact) mass is 286 g/mol. The lowest BCUT2D eigenvalue weighted by Gasteiger charge is -1.94. The Morgan fingerprint density at radius 2 is 2.06 bits per heavy atom. The molecule has 18 heavy (non-hydrogen) atoms. The molecule has 7 heteroatoms. The third-order valence-corrected chi connectivity index (χ3v) is 3.63. The first-order valence-corrected chi connectivity index (χ1v) is 7.10. The van der Waals surface area contributed by atoms with Crippen molar-refractivity contribution in [2.45, 2.75) is 5.75 Å². The van der Waals surface area contributed by atoms with Gasteiger partial charge in [-0.25, -0.2) is 0 Å². The Morgan fingerprint density at radius 3 is 2.72 bits per heavy atom. The molecule has 1 aromatic heterocycles. The topological polar surface area (TPSA) is 76.2 Å². The normalized spacial score (nSPS) is 12.6. The molecule has 0 saturated heterocycles. The Hall–Kier alpha value is -1.24. The molecule has 0 saturated carbocycles. The van der Waals surface area contributed by atoms with Crippen LogP contribution in [0.2, 0.25) is 5.02 Å². The number of nitrogens with zero attached hydrogens (tertiary/aromatic N) is 2. The summed E-state index contributed by atoms with van der Waals surface area (Å²) in [6.45, 7) is -0.120. The van der Waals surface area contributed by atoms with Gasteiger partial charge in [-0.05, 0) is 24.3 Å². The highest BCUT2D eigenvalue weighted by Gasteiger charge is 2.11. The minimum absolute atomic E-state index is 0.120. The van der Waals surface area contributed by atoms with Gasteiger partial charge in [0.25, 0.3) is 0 Å². The molecule has 0 amide bonds. The number of benzene rings is 1. The molecule has 2 rings (SSSR count). The summed E-state index contributed by atoms with van der Waals surface area (Å²) in [5, 5.41) is 13.1. The SMILES string of the molecule is O=S(CCO)Cc1nc(-c2ccc(Cl)cc2)no1. The third-order valence-electron chi connectivity index (χ3n) is 2.17. The van der Waals surface area contributed by atoms with Crippen LogP contribution in [0.4, 0.5) is 0 Å². The number of rotatable bonds is 5. The summed E-state index contributed by atoms with van der Waals surface area (Å²) in [5.41, 5.74) is 0.780. The zero-order chi connectivity index (χ0) is 13.0. The second-order valence-electron chi connectivity index (χ2n) is 3.53. The minimum Gasteiger partial charge on any atom is -0.395 e. The van der Waals surface area contributed by atoms with E-state index >= 15 is 0 Å². The Morgan fingerprint density at radius 1 is 1.33 bits per heavy atom. The first-order valence-electron chi connectivity index (χ1n) is 5.23. The van der Waals surface area contributed by atoms with Gasteiger partial charge in [-0.3, -0.25) is 4.21 Å². The molecule has 0 aliphatic carbocycles. The van der Waals surface area contributed by atoms with Crippen LogP contribution in [0.1, 0.15) is 5.89 Å². The fourth-order valence-electron chi connectivity index (χ4n) is 1.34. The van der Waals surface area contributed by atoms with Gasteiger partial charge in [0.1, 0.15) is 5.75 Å². The van der Waals surface area contributed by atoms with Crippen LogP contribution in [0.25, 0.3) is 11.4 Å². The minimum atomic E-state index is -1.19. The number of aromatic nitrogens is 2. The first kappa shape index (κ1) is 13.2. The number of aliphatic hydroxyl groups is 1. The van der Waals surface area contributed by atoms with Crippen molar-refractivity contribution in [3.8, 4) is 11.4 Å². The summed E-state index contributed by atoms with van der Waals surface area (Å²) in [6, 6.07) is 7.02. The maximum Gasteiger partial charge on any atom is 0.239 e. The van der Waals surface area contributed by atoms with Crippen LogP contribution in [0.5, 0.6) is 0 Å². The fraction of sp³-hybridized carbons (Fsp3) is 0.273. The number of hydrogen-bond acceptors (Lipinski definition) is 5. The van der Waals surface area contributed by atoms with Gasteiger partial charge in [-0.2, -0.15) is 4.98 Å². The Labute approximate surface area is 111 Å². The van der Waals surface area contributed by atoms with Crippen LogP contribution < -0.4 is 0 Å². The van der Waals surface area contributed by atoms with Crippen molar-refractivity contribution < 1.29 is 13.8 Å². The summed E-state index contributed by atoms with van der Waals surface area (Å²) in [7, 11) is -1.19. The quantitative estimate of drug-likeness (QED) is 0.904. The predicted octanol–water partition coefficient (Wildman–Crippen LogP) is 1.63. The molecule has 5 nitrogen and oxygen atoms in total. The van der Waals surface area contributed by atoms with E-state index in [1.165, 1.54) is 0 Å². The highest BCUT2D eigenvalue weighted by molar-refractivity contribution is 7.84. The maximum absolute atomic E-state index is 11.4. The van der Waals surface area contributed by atoms with E-state index in [2.05, 4.69) is 10.1 Å². The van der Waals surface area contributed by atoms with Crippen LogP contribution >= 0.6 is 11.6 Å². The highest BCUT2D eigenvalue weighted by Crippen LogP contribution is 2.18. The summed E-state index contributed by atoms with van der Waals surface area (Å²) in [4.78, 5) is 4.14. The zero-order valence-corrected chi connectivity index (χ0v) is 10.9. The van der Waals surface area contributed by atoms with Gasteiger partial charge < -0.3 is 9.63 Å². The molecule has 2 aromatic rings. The Balaban J connectivity index is 2.10. The van der Waals surface area contributed by atoms with Crippen molar-refractivity contribution in [2.24, 2.45) is 0 Å². The van der Waals surface area contributed by atoms with Crippen LogP contribution in [0.3, 0.4) is 0 Å². The zero-order valence-electron chi connectivity index (χ0n) is 9.38. The summed E-state index contributed by atoms with van der Waals surface area (Å²) in [6.07, 6.45) is 0. The van der Waals surface area contributed by atoms with Crippen molar-refractivity contribution in [3.63, 3.8) is 0 Å². The summed E-state index contributed by atoms with van der Waals surface area (Å²) >= 11 is 5.78. The lowest BCUT2D eigenvalue weighted by molar-refractivity contribution is 0.321. The van der Waals surface area contributed by atoms with Gasteiger partial charge in [-0.15, -0.1) is 0 Å². The van der Waals surface area contributed by atoms with E-state index in [1.54, 1.807) is 24.3 Å². The van der Waals surface area contributed by atoms with Crippen LogP contribution in [-0.2, 0) is 16.6 Å². The van der Waals surface area contributed by atoms with Crippen molar-refractivity contribution in [1.29, 1.82) is 0 Å². The van der Waals surface area contributed by atoms with E-state index < -0.39 is 10.8 Å². The second kappa shape index (κ2) is 6.08. The van der Waals surface area contributed by atoms with Gasteiger partial charge in [0, 0.05) is 27.1 Å². The van der Waals surface area contributed by atoms with Crippen LogP contribution in [0, 0.1) is 0 Å². The van der Waals surface area contributed by atoms with E-state index in [0.717, 1.165) is 5.56 Å². The van der Waals surface area contributed by atoms with Gasteiger partial charge in [0.05, 0.1) is 6.61 Å². The van der Waals surface area contributed by atoms with Gasteiger partial charge in [0.2, 0.25) is 11.7 Å². The molecule has 0 aliphatic heterocycles. The lowest BCUT2D eigenvalue weighted by Crippen LogP contribution is -2.04. The van der Waals surface area contributed by atoms with E-state index in [4.69, 9.17) is 21.2 Å². The molecular formula is C11H11ClN2O3S. The molecule has 1 N–H and O–H groups in total. The average molecular weight is 287 g/mol. The van der Waals surface area contributed by atoms with E-state index in [1.807, 2.05) is 0 Å². The van der Waals surface area contributed by atoms with E-state index in [0.29, 0.717) is 16.7 Å². The van der Waals surface area contributed by atoms with Crippen molar-refractivity contribution in [2.75, 3.05) is 12.4 Å². The molecule has 0 bridgehead atoms. The molecule has 96 valence electrons. The smallest absolute Gasteiger partial charge is 0.239 e. The Kier molecular flexibility index (Phi) is 4.46. The number of hydrogen-bond donors (Lipinski definition) is 1. The molecule has 0 aliphatic rings. The molecular weight excluding hydrogens is 276 g/mol. The molecule has 1 atom stereocenters. The second-order valence-corrected chi connectivity index (χ2v) is 5.54. The largest absolute Gasteiger partial charge is 0.395 e. The summed E-state index contributed by atoms with van der Waals surface area (Å²) < 4.78 is 16.4. The standard InChI is InChI=1S/C11H11ClN2O3S/c12-9-3-1-8(2-4-9)11-13-10(17-14-11)7-18(16)6-5-15/h1-4,15H,5-7H2. The highest BCUT2D eigenvalue weighted by atomic mass is 35.5. The van der Waals surface area contributed by atoms with Gasteiger partial charge in [-0.1, -0.05) is 16.8 Å². The van der Waals surface area contributed by atoms with Crippen molar-refractivity contribution in [3.05, 3.63) is 35.2 Å². The van der Waals surface area contributed by atoms with E-state index in [9.17, 15) is 4.21 Å². The maximum atomic E-state index is 11.4. The third kappa shape index (κ3) is 3.38. The van der Waals surface area contributed by atoms with Crippen LogP contribution in [0.15, 0.2) is 28.8 Å². The van der Waals surface area contributed by atoms with Crippen molar-refractivity contribution in [1.82, 2.24) is 10.1 Å². The van der Waals surface area contributed by atoms with E-state index in [-0.39, 0.29) is 18.1 Å². The predicted molar refractivity (Wildman–Crippen MR) is 68.5 cm³/mol. The van der Waals surface area contributed by atoms with Gasteiger partial charge >= 0.3 is 0 Å². The fourth-order valence-corrected chi connectivity index (χ4v) is 2.21. The molecule has 1 aromatic carbocycles. The average Bonchev–Trinajstić information content (AvgIpc) is 2.78. The Bertz CT molecular complexity index is 541. The molecule has 1 unspecified atom stereocenters. The number of halogens is 1. The van der Waals surface area contributed by atoms with Gasteiger partial charge in [0.15, 0.2) is 0 Å². The van der Waals surface area contributed by atoms with Crippen molar-refractivity contribution >= 4 is 22.4 Å². The molecule has 0 radical (unpaired) electrons.